The van der Waals surface area contributed by atoms with Crippen LogP contribution in [0.15, 0.2) is 30.3 Å². The average molecular weight is 263 g/mol. The first-order valence-corrected chi connectivity index (χ1v) is 7.09. The van der Waals surface area contributed by atoms with Gasteiger partial charge in [-0.05, 0) is 44.8 Å². The molecule has 106 valence electrons. The largest absolute Gasteiger partial charge is 0.481 e. The highest BCUT2D eigenvalue weighted by Crippen LogP contribution is 2.11. The van der Waals surface area contributed by atoms with E-state index in [0.717, 1.165) is 32.2 Å². The lowest BCUT2D eigenvalue weighted by molar-refractivity contribution is -0.137. The van der Waals surface area contributed by atoms with E-state index in [1.54, 1.807) is 0 Å². The molecular formula is C16H25NO2. The third kappa shape index (κ3) is 6.39. The van der Waals surface area contributed by atoms with Gasteiger partial charge >= 0.3 is 5.97 Å². The maximum atomic E-state index is 10.5. The van der Waals surface area contributed by atoms with Crippen LogP contribution in [-0.2, 0) is 11.2 Å². The Morgan fingerprint density at radius 1 is 1.26 bits per heavy atom. The Labute approximate surface area is 116 Å². The van der Waals surface area contributed by atoms with Gasteiger partial charge in [0.15, 0.2) is 0 Å². The topological polar surface area (TPSA) is 40.5 Å². The van der Waals surface area contributed by atoms with E-state index in [1.807, 2.05) is 6.07 Å². The molecule has 3 heteroatoms. The summed E-state index contributed by atoms with van der Waals surface area (Å²) in [6, 6.07) is 11.1. The first-order valence-electron chi connectivity index (χ1n) is 7.09. The molecule has 0 bridgehead atoms. The van der Waals surface area contributed by atoms with Crippen LogP contribution in [0.1, 0.15) is 38.2 Å². The van der Waals surface area contributed by atoms with E-state index in [2.05, 4.69) is 43.1 Å². The molecule has 0 amide bonds. The van der Waals surface area contributed by atoms with Gasteiger partial charge in [0, 0.05) is 12.5 Å². The van der Waals surface area contributed by atoms with Gasteiger partial charge in [-0.2, -0.15) is 0 Å². The summed E-state index contributed by atoms with van der Waals surface area (Å²) < 4.78 is 0. The van der Waals surface area contributed by atoms with E-state index >= 15 is 0 Å². The molecule has 0 aliphatic rings. The van der Waals surface area contributed by atoms with Crippen LogP contribution in [0.5, 0.6) is 0 Å². The minimum atomic E-state index is -0.695. The van der Waals surface area contributed by atoms with Crippen LogP contribution in [0.25, 0.3) is 0 Å². The summed E-state index contributed by atoms with van der Waals surface area (Å²) in [5.41, 5.74) is 1.37. The first-order chi connectivity index (χ1) is 9.13. The van der Waals surface area contributed by atoms with Crippen LogP contribution in [0.4, 0.5) is 0 Å². The van der Waals surface area contributed by atoms with Gasteiger partial charge in [0.05, 0.1) is 0 Å². The first kappa shape index (κ1) is 15.7. The molecule has 1 aromatic rings. The van der Waals surface area contributed by atoms with Crippen LogP contribution in [-0.4, -0.2) is 35.6 Å². The van der Waals surface area contributed by atoms with Gasteiger partial charge in [-0.1, -0.05) is 37.3 Å². The molecule has 19 heavy (non-hydrogen) atoms. The number of likely N-dealkylation sites (N-methyl/N-ethyl adjacent to an activating group) is 1. The summed E-state index contributed by atoms with van der Waals surface area (Å²) in [6.07, 6.45) is 4.18. The number of carboxylic acid groups (broad SMARTS) is 1. The highest BCUT2D eigenvalue weighted by atomic mass is 16.4. The number of rotatable bonds is 9. The maximum absolute atomic E-state index is 10.5. The van der Waals surface area contributed by atoms with E-state index in [1.165, 1.54) is 5.56 Å². The Morgan fingerprint density at radius 2 is 1.95 bits per heavy atom. The van der Waals surface area contributed by atoms with Gasteiger partial charge < -0.3 is 10.0 Å². The zero-order chi connectivity index (χ0) is 14.1. The van der Waals surface area contributed by atoms with Crippen molar-refractivity contribution < 1.29 is 9.90 Å². The number of carboxylic acids is 1. The summed E-state index contributed by atoms with van der Waals surface area (Å²) in [5.74, 6) is -0.695. The van der Waals surface area contributed by atoms with Crippen LogP contribution in [0.3, 0.4) is 0 Å². The summed E-state index contributed by atoms with van der Waals surface area (Å²) in [4.78, 5) is 12.8. The Kier molecular flexibility index (Phi) is 7.19. The Balaban J connectivity index is 2.35. The molecule has 1 N–H and O–H groups in total. The lowest BCUT2D eigenvalue weighted by atomic mass is 10.0. The molecule has 1 atom stereocenters. The Hall–Kier alpha value is -1.35. The van der Waals surface area contributed by atoms with E-state index in [0.29, 0.717) is 6.04 Å². The molecule has 0 saturated carbocycles. The quantitative estimate of drug-likeness (QED) is 0.696. The van der Waals surface area contributed by atoms with Crippen molar-refractivity contribution in [3.63, 3.8) is 0 Å². The van der Waals surface area contributed by atoms with E-state index in [4.69, 9.17) is 5.11 Å². The third-order valence-corrected chi connectivity index (χ3v) is 3.56. The fourth-order valence-corrected chi connectivity index (χ4v) is 2.32. The van der Waals surface area contributed by atoms with E-state index in [9.17, 15) is 4.79 Å². The van der Waals surface area contributed by atoms with Crippen molar-refractivity contribution in [1.29, 1.82) is 0 Å². The van der Waals surface area contributed by atoms with Crippen molar-refractivity contribution in [1.82, 2.24) is 4.90 Å². The number of benzene rings is 1. The molecule has 0 saturated heterocycles. The number of carbonyl (C=O) groups is 1. The van der Waals surface area contributed by atoms with Crippen molar-refractivity contribution in [2.24, 2.45) is 0 Å². The molecule has 0 aliphatic carbocycles. The number of hydrogen-bond acceptors (Lipinski definition) is 2. The van der Waals surface area contributed by atoms with Crippen molar-refractivity contribution in [2.45, 2.75) is 45.1 Å². The van der Waals surface area contributed by atoms with Gasteiger partial charge in [-0.25, -0.2) is 0 Å². The molecule has 1 aromatic carbocycles. The Bertz CT molecular complexity index is 364. The summed E-state index contributed by atoms with van der Waals surface area (Å²) in [7, 11) is 2.14. The van der Waals surface area contributed by atoms with Crippen molar-refractivity contribution in [3.8, 4) is 0 Å². The molecular weight excluding hydrogens is 238 g/mol. The highest BCUT2D eigenvalue weighted by Gasteiger charge is 2.13. The molecule has 0 heterocycles. The predicted octanol–water partition coefficient (Wildman–Crippen LogP) is 3.19. The van der Waals surface area contributed by atoms with Gasteiger partial charge in [0.2, 0.25) is 0 Å². The van der Waals surface area contributed by atoms with E-state index in [-0.39, 0.29) is 6.42 Å². The number of hydrogen-bond donors (Lipinski definition) is 1. The number of nitrogens with zero attached hydrogens (tertiary/aromatic N) is 1. The zero-order valence-corrected chi connectivity index (χ0v) is 12.0. The minimum Gasteiger partial charge on any atom is -0.481 e. The molecule has 0 fully saturated rings. The van der Waals surface area contributed by atoms with Gasteiger partial charge in [0.25, 0.3) is 0 Å². The second kappa shape index (κ2) is 8.70. The fourth-order valence-electron chi connectivity index (χ4n) is 2.32. The van der Waals surface area contributed by atoms with Gasteiger partial charge in [-0.3, -0.25) is 4.79 Å². The van der Waals surface area contributed by atoms with Crippen LogP contribution in [0, 0.1) is 0 Å². The molecule has 0 spiro atoms. The highest BCUT2D eigenvalue weighted by molar-refractivity contribution is 5.66. The van der Waals surface area contributed by atoms with Gasteiger partial charge in [-0.15, -0.1) is 0 Å². The summed E-state index contributed by atoms with van der Waals surface area (Å²) in [6.45, 7) is 3.18. The number of aliphatic carboxylic acids is 1. The second-order valence-electron chi connectivity index (χ2n) is 5.08. The maximum Gasteiger partial charge on any atom is 0.303 e. The molecule has 1 rings (SSSR count). The smallest absolute Gasteiger partial charge is 0.303 e. The lowest BCUT2D eigenvalue weighted by Gasteiger charge is -2.27. The van der Waals surface area contributed by atoms with Crippen molar-refractivity contribution in [3.05, 3.63) is 35.9 Å². The Morgan fingerprint density at radius 3 is 2.53 bits per heavy atom. The standard InChI is InChI=1S/C16H25NO2/c1-3-15(13-14-9-5-4-6-10-14)17(2)12-8-7-11-16(18)19/h4-6,9-10,15H,3,7-8,11-13H2,1-2H3,(H,18,19). The monoisotopic (exact) mass is 263 g/mol. The van der Waals surface area contributed by atoms with Gasteiger partial charge in [0.1, 0.15) is 0 Å². The summed E-state index contributed by atoms with van der Waals surface area (Å²) in [5, 5.41) is 8.62. The normalized spacial score (nSPS) is 12.6. The average Bonchev–Trinajstić information content (AvgIpc) is 2.41. The van der Waals surface area contributed by atoms with E-state index < -0.39 is 5.97 Å². The molecule has 0 radical (unpaired) electrons. The zero-order valence-electron chi connectivity index (χ0n) is 12.0. The van der Waals surface area contributed by atoms with Crippen molar-refractivity contribution >= 4 is 5.97 Å². The number of unbranched alkanes of at least 4 members (excludes halogenated alkanes) is 1. The molecule has 0 aliphatic heterocycles. The predicted molar refractivity (Wildman–Crippen MR) is 78.3 cm³/mol. The lowest BCUT2D eigenvalue weighted by Crippen LogP contribution is -2.33. The van der Waals surface area contributed by atoms with Crippen LogP contribution >= 0.6 is 0 Å². The second-order valence-corrected chi connectivity index (χ2v) is 5.08. The molecule has 1 unspecified atom stereocenters. The fraction of sp³-hybridized carbons (Fsp3) is 0.562. The van der Waals surface area contributed by atoms with Crippen LogP contribution < -0.4 is 0 Å². The third-order valence-electron chi connectivity index (χ3n) is 3.56. The van der Waals surface area contributed by atoms with Crippen molar-refractivity contribution in [2.75, 3.05) is 13.6 Å². The SMILES string of the molecule is CCC(Cc1ccccc1)N(C)CCCCC(=O)O. The molecule has 0 aromatic heterocycles. The molecule has 3 nitrogen and oxygen atoms in total. The van der Waals surface area contributed by atoms with Crippen LogP contribution in [0.2, 0.25) is 0 Å². The minimum absolute atomic E-state index is 0.281. The summed E-state index contributed by atoms with van der Waals surface area (Å²) >= 11 is 0.